The molecule has 5 heteroatoms. The molecular formula is C17H31O4P. The molecule has 4 nitrogen and oxygen atoms in total. The zero-order valence-corrected chi connectivity index (χ0v) is 14.8. The normalized spacial score (nSPS) is 18.2. The van der Waals surface area contributed by atoms with Gasteiger partial charge in [-0.3, -0.25) is 0 Å². The third-order valence-electron chi connectivity index (χ3n) is 3.82. The van der Waals surface area contributed by atoms with Crippen molar-refractivity contribution in [3.8, 4) is 0 Å². The van der Waals surface area contributed by atoms with Crippen molar-refractivity contribution < 1.29 is 19.2 Å². The fourth-order valence-electron chi connectivity index (χ4n) is 2.45. The van der Waals surface area contributed by atoms with Crippen LogP contribution in [0.1, 0.15) is 71.1 Å². The molecule has 0 saturated carbocycles. The Morgan fingerprint density at radius 1 is 1.09 bits per heavy atom. The topological polar surface area (TPSA) is 55.8 Å². The van der Waals surface area contributed by atoms with Crippen molar-refractivity contribution in [2.75, 3.05) is 12.8 Å². The van der Waals surface area contributed by atoms with Gasteiger partial charge in [0.25, 0.3) is 0 Å². The van der Waals surface area contributed by atoms with Crippen LogP contribution >= 0.6 is 8.81 Å². The summed E-state index contributed by atoms with van der Waals surface area (Å²) in [5.41, 5.74) is 0.528. The SMILES string of the molecule is CCCCCCCCCCCCPOCC1=CC(=O)OC1O. The number of cyclic esters (lactones) is 1. The van der Waals surface area contributed by atoms with E-state index < -0.39 is 12.3 Å². The van der Waals surface area contributed by atoms with Crippen LogP contribution in [0.25, 0.3) is 0 Å². The zero-order chi connectivity index (χ0) is 16.0. The molecule has 0 amide bonds. The predicted molar refractivity (Wildman–Crippen MR) is 91.2 cm³/mol. The van der Waals surface area contributed by atoms with Crippen molar-refractivity contribution in [3.05, 3.63) is 11.6 Å². The minimum Gasteiger partial charge on any atom is -0.429 e. The number of hydrogen-bond acceptors (Lipinski definition) is 4. The molecule has 0 aromatic rings. The Hall–Kier alpha value is -0.440. The Kier molecular flexibility index (Phi) is 11.6. The first-order chi connectivity index (χ1) is 10.7. The molecule has 1 N–H and O–H groups in total. The van der Waals surface area contributed by atoms with Gasteiger partial charge in [0.2, 0.25) is 6.29 Å². The highest BCUT2D eigenvalue weighted by Crippen LogP contribution is 2.21. The number of esters is 1. The summed E-state index contributed by atoms with van der Waals surface area (Å²) < 4.78 is 10.1. The lowest BCUT2D eigenvalue weighted by atomic mass is 10.1. The second-order valence-electron chi connectivity index (χ2n) is 5.87. The predicted octanol–water partition coefficient (Wildman–Crippen LogP) is 4.32. The van der Waals surface area contributed by atoms with Crippen molar-refractivity contribution >= 4 is 14.8 Å². The van der Waals surface area contributed by atoms with Crippen LogP contribution in [0.4, 0.5) is 0 Å². The maximum atomic E-state index is 10.9. The average Bonchev–Trinajstić information content (AvgIpc) is 2.82. The van der Waals surface area contributed by atoms with Gasteiger partial charge < -0.3 is 14.4 Å². The molecule has 2 atom stereocenters. The van der Waals surface area contributed by atoms with Crippen LogP contribution in [0.5, 0.6) is 0 Å². The second-order valence-corrected chi connectivity index (χ2v) is 6.95. The van der Waals surface area contributed by atoms with E-state index in [1.54, 1.807) is 0 Å². The van der Waals surface area contributed by atoms with Gasteiger partial charge in [-0.25, -0.2) is 4.79 Å². The molecule has 2 unspecified atom stereocenters. The van der Waals surface area contributed by atoms with Crippen LogP contribution in [-0.4, -0.2) is 30.1 Å². The van der Waals surface area contributed by atoms with E-state index in [0.717, 1.165) is 6.16 Å². The van der Waals surface area contributed by atoms with Crippen molar-refractivity contribution in [1.29, 1.82) is 0 Å². The third kappa shape index (κ3) is 9.55. The highest BCUT2D eigenvalue weighted by Gasteiger charge is 2.23. The maximum absolute atomic E-state index is 10.9. The summed E-state index contributed by atoms with van der Waals surface area (Å²) in [6.07, 6.45) is 14.7. The minimum atomic E-state index is -1.10. The monoisotopic (exact) mass is 330 g/mol. The summed E-state index contributed by atoms with van der Waals surface area (Å²) in [6, 6.07) is 0. The molecule has 0 aromatic carbocycles. The fourth-order valence-corrected chi connectivity index (χ4v) is 3.25. The summed E-state index contributed by atoms with van der Waals surface area (Å²) in [5, 5.41) is 9.36. The first-order valence-electron chi connectivity index (χ1n) is 8.68. The van der Waals surface area contributed by atoms with Gasteiger partial charge >= 0.3 is 5.97 Å². The molecule has 1 rings (SSSR count). The molecule has 22 heavy (non-hydrogen) atoms. The number of ether oxygens (including phenoxy) is 1. The van der Waals surface area contributed by atoms with Crippen LogP contribution in [-0.2, 0) is 14.1 Å². The number of rotatable bonds is 14. The van der Waals surface area contributed by atoms with Gasteiger partial charge in [0.1, 0.15) is 0 Å². The first kappa shape index (κ1) is 19.6. The molecule has 0 radical (unpaired) electrons. The Morgan fingerprint density at radius 2 is 1.68 bits per heavy atom. The molecule has 0 saturated heterocycles. The van der Waals surface area contributed by atoms with E-state index in [-0.39, 0.29) is 0 Å². The summed E-state index contributed by atoms with van der Waals surface area (Å²) in [5.74, 6) is -0.482. The van der Waals surface area contributed by atoms with Gasteiger partial charge in [0.05, 0.1) is 6.61 Å². The smallest absolute Gasteiger partial charge is 0.333 e. The molecular weight excluding hydrogens is 299 g/mol. The summed E-state index contributed by atoms with van der Waals surface area (Å²) in [4.78, 5) is 10.9. The van der Waals surface area contributed by atoms with E-state index in [1.165, 1.54) is 70.3 Å². The molecule has 1 heterocycles. The molecule has 1 aliphatic rings. The highest BCUT2D eigenvalue weighted by atomic mass is 31.1. The summed E-state index contributed by atoms with van der Waals surface area (Å²) >= 11 is 0. The van der Waals surface area contributed by atoms with Crippen LogP contribution in [0, 0.1) is 0 Å². The lowest BCUT2D eigenvalue weighted by Crippen LogP contribution is -2.12. The first-order valence-corrected chi connectivity index (χ1v) is 9.79. The zero-order valence-electron chi connectivity index (χ0n) is 13.8. The summed E-state index contributed by atoms with van der Waals surface area (Å²) in [7, 11) is 0.434. The molecule has 0 aliphatic carbocycles. The number of carbonyl (C=O) groups excluding carboxylic acids is 1. The fraction of sp³-hybridized carbons (Fsp3) is 0.824. The standard InChI is InChI=1S/C17H31O4P/c1-2-3-4-5-6-7-8-9-10-11-12-22-20-14-15-13-16(18)21-17(15)19/h13,17,19,22H,2-12,14H2,1H3. The number of aliphatic hydroxyl groups excluding tert-OH is 1. The Bertz CT molecular complexity index is 331. The number of hydrogen-bond donors (Lipinski definition) is 1. The second kappa shape index (κ2) is 13.0. The highest BCUT2D eigenvalue weighted by molar-refractivity contribution is 7.32. The van der Waals surface area contributed by atoms with Crippen LogP contribution in [0.2, 0.25) is 0 Å². The molecule has 0 fully saturated rings. The number of carbonyl (C=O) groups is 1. The van der Waals surface area contributed by atoms with E-state index in [1.807, 2.05) is 0 Å². The Labute approximate surface area is 136 Å². The number of unbranched alkanes of at least 4 members (excludes halogenated alkanes) is 9. The lowest BCUT2D eigenvalue weighted by Gasteiger charge is -2.08. The van der Waals surface area contributed by atoms with E-state index in [9.17, 15) is 9.90 Å². The van der Waals surface area contributed by atoms with E-state index in [4.69, 9.17) is 4.52 Å². The van der Waals surface area contributed by atoms with Gasteiger partial charge in [-0.2, -0.15) is 0 Å². The summed E-state index contributed by atoms with van der Waals surface area (Å²) in [6.45, 7) is 2.55. The van der Waals surface area contributed by atoms with Gasteiger partial charge in [-0.1, -0.05) is 64.7 Å². The maximum Gasteiger partial charge on any atom is 0.333 e. The van der Waals surface area contributed by atoms with E-state index >= 15 is 0 Å². The third-order valence-corrected chi connectivity index (χ3v) is 4.73. The van der Waals surface area contributed by atoms with Gasteiger partial charge in [-0.15, -0.1) is 0 Å². The van der Waals surface area contributed by atoms with Crippen LogP contribution in [0.3, 0.4) is 0 Å². The van der Waals surface area contributed by atoms with Crippen LogP contribution < -0.4 is 0 Å². The van der Waals surface area contributed by atoms with E-state index in [0.29, 0.717) is 21.0 Å². The van der Waals surface area contributed by atoms with Gasteiger partial charge in [0, 0.05) is 20.5 Å². The average molecular weight is 330 g/mol. The molecule has 1 aliphatic heterocycles. The minimum absolute atomic E-state index is 0.295. The van der Waals surface area contributed by atoms with Crippen molar-refractivity contribution in [1.82, 2.24) is 0 Å². The molecule has 0 spiro atoms. The van der Waals surface area contributed by atoms with Gasteiger partial charge in [-0.05, 0) is 12.6 Å². The Balaban J connectivity index is 1.79. The quantitative estimate of drug-likeness (QED) is 0.293. The Morgan fingerprint density at radius 3 is 2.23 bits per heavy atom. The lowest BCUT2D eigenvalue weighted by molar-refractivity contribution is -0.151. The molecule has 0 aromatic heterocycles. The van der Waals surface area contributed by atoms with Crippen molar-refractivity contribution in [2.45, 2.75) is 77.4 Å². The van der Waals surface area contributed by atoms with Crippen molar-refractivity contribution in [3.63, 3.8) is 0 Å². The largest absolute Gasteiger partial charge is 0.429 e. The van der Waals surface area contributed by atoms with E-state index in [2.05, 4.69) is 11.7 Å². The molecule has 128 valence electrons. The molecule has 0 bridgehead atoms. The number of aliphatic hydroxyl groups is 1. The van der Waals surface area contributed by atoms with Gasteiger partial charge in [0.15, 0.2) is 0 Å². The van der Waals surface area contributed by atoms with Crippen molar-refractivity contribution in [2.24, 2.45) is 0 Å². The van der Waals surface area contributed by atoms with Crippen LogP contribution in [0.15, 0.2) is 11.6 Å².